The van der Waals surface area contributed by atoms with Gasteiger partial charge in [-0.3, -0.25) is 19.9 Å². The minimum Gasteiger partial charge on any atom is -0.338 e. The standard InChI is InChI=1S/C22H25FN4O3/c1-2-24-21(28)26-15-22(19-13-17(23)5-8-20(19)26)9-11-25(12-10-22)14-16-3-6-18(7-4-16)27(29)30/h3-8,13H,2,9-12,14-15H2,1H3,(H,24,28). The highest BCUT2D eigenvalue weighted by atomic mass is 19.1. The molecule has 0 unspecified atom stereocenters. The molecule has 2 aliphatic rings. The fraction of sp³-hybridized carbons (Fsp3) is 0.409. The molecule has 30 heavy (non-hydrogen) atoms. The number of carbonyl (C=O) groups excluding carboxylic acids is 1. The maximum atomic E-state index is 14.1. The van der Waals surface area contributed by atoms with Crippen LogP contribution in [0.4, 0.5) is 20.6 Å². The topological polar surface area (TPSA) is 78.7 Å². The number of anilines is 1. The van der Waals surface area contributed by atoms with Crippen LogP contribution in [-0.2, 0) is 12.0 Å². The second-order valence-corrected chi connectivity index (χ2v) is 8.06. The van der Waals surface area contributed by atoms with Crippen LogP contribution in [0.5, 0.6) is 0 Å². The van der Waals surface area contributed by atoms with E-state index in [2.05, 4.69) is 10.2 Å². The number of benzene rings is 2. The summed E-state index contributed by atoms with van der Waals surface area (Å²) in [6.45, 7) is 5.33. The molecule has 4 rings (SSSR count). The summed E-state index contributed by atoms with van der Waals surface area (Å²) in [4.78, 5) is 27.0. The Morgan fingerprint density at radius 2 is 1.90 bits per heavy atom. The van der Waals surface area contributed by atoms with Gasteiger partial charge in [-0.1, -0.05) is 12.1 Å². The van der Waals surface area contributed by atoms with Gasteiger partial charge in [0, 0.05) is 42.9 Å². The lowest BCUT2D eigenvalue weighted by Crippen LogP contribution is -2.47. The van der Waals surface area contributed by atoms with Gasteiger partial charge in [0.05, 0.1) is 4.92 Å². The second kappa shape index (κ2) is 8.02. The predicted octanol–water partition coefficient (Wildman–Crippen LogP) is 3.82. The quantitative estimate of drug-likeness (QED) is 0.612. The number of hydrogen-bond donors (Lipinski definition) is 1. The number of nitrogens with one attached hydrogen (secondary N) is 1. The van der Waals surface area contributed by atoms with Gasteiger partial charge < -0.3 is 5.32 Å². The Labute approximate surface area is 174 Å². The molecule has 2 aromatic rings. The molecule has 2 aromatic carbocycles. The summed E-state index contributed by atoms with van der Waals surface area (Å²) in [5.74, 6) is -0.279. The number of nitrogens with zero attached hydrogens (tertiary/aromatic N) is 3. The lowest BCUT2D eigenvalue weighted by molar-refractivity contribution is -0.384. The Bertz CT molecular complexity index is 955. The molecular weight excluding hydrogens is 387 g/mol. The van der Waals surface area contributed by atoms with E-state index in [-0.39, 0.29) is 23.0 Å². The fourth-order valence-electron chi connectivity index (χ4n) is 4.62. The third kappa shape index (κ3) is 3.75. The van der Waals surface area contributed by atoms with E-state index in [9.17, 15) is 19.3 Å². The van der Waals surface area contributed by atoms with Crippen molar-refractivity contribution in [3.05, 3.63) is 69.5 Å². The summed E-state index contributed by atoms with van der Waals surface area (Å²) < 4.78 is 14.1. The van der Waals surface area contributed by atoms with Crippen LogP contribution in [-0.4, -0.2) is 42.0 Å². The number of fused-ring (bicyclic) bond motifs is 2. The van der Waals surface area contributed by atoms with Gasteiger partial charge in [0.2, 0.25) is 0 Å². The van der Waals surface area contributed by atoms with E-state index in [1.54, 1.807) is 29.2 Å². The van der Waals surface area contributed by atoms with Crippen molar-refractivity contribution >= 4 is 17.4 Å². The van der Waals surface area contributed by atoms with Crippen molar-refractivity contribution in [1.29, 1.82) is 0 Å². The van der Waals surface area contributed by atoms with E-state index in [1.807, 2.05) is 6.92 Å². The summed E-state index contributed by atoms with van der Waals surface area (Å²) in [5, 5.41) is 13.7. The number of rotatable bonds is 4. The molecule has 2 amide bonds. The number of likely N-dealkylation sites (tertiary alicyclic amines) is 1. The van der Waals surface area contributed by atoms with Crippen LogP contribution in [0.2, 0.25) is 0 Å². The van der Waals surface area contributed by atoms with Crippen LogP contribution >= 0.6 is 0 Å². The minimum atomic E-state index is -0.397. The van der Waals surface area contributed by atoms with E-state index in [0.29, 0.717) is 19.6 Å². The second-order valence-electron chi connectivity index (χ2n) is 8.06. The molecule has 0 aliphatic carbocycles. The summed E-state index contributed by atoms with van der Waals surface area (Å²) in [7, 11) is 0. The molecule has 1 spiro atoms. The third-order valence-corrected chi connectivity index (χ3v) is 6.22. The minimum absolute atomic E-state index is 0.0892. The van der Waals surface area contributed by atoms with Gasteiger partial charge in [0.25, 0.3) is 5.69 Å². The number of nitro groups is 1. The molecular formula is C22H25FN4O3. The maximum absolute atomic E-state index is 14.1. The number of nitro benzene ring substituents is 1. The Morgan fingerprint density at radius 3 is 2.53 bits per heavy atom. The first-order valence-electron chi connectivity index (χ1n) is 10.2. The molecule has 0 radical (unpaired) electrons. The largest absolute Gasteiger partial charge is 0.338 e. The van der Waals surface area contributed by atoms with E-state index in [1.165, 1.54) is 18.2 Å². The molecule has 7 nitrogen and oxygen atoms in total. The Hall–Kier alpha value is -3.00. The average molecular weight is 412 g/mol. The molecule has 8 heteroatoms. The van der Waals surface area contributed by atoms with Crippen molar-refractivity contribution in [2.75, 3.05) is 31.1 Å². The molecule has 0 atom stereocenters. The van der Waals surface area contributed by atoms with Gasteiger partial charge in [-0.15, -0.1) is 0 Å². The molecule has 1 N–H and O–H groups in total. The van der Waals surface area contributed by atoms with Gasteiger partial charge in [0.15, 0.2) is 0 Å². The first-order chi connectivity index (χ1) is 14.4. The van der Waals surface area contributed by atoms with Gasteiger partial charge in [0.1, 0.15) is 5.82 Å². The zero-order chi connectivity index (χ0) is 21.3. The number of urea groups is 1. The SMILES string of the molecule is CCNC(=O)N1CC2(CCN(Cc3ccc([N+](=O)[O-])cc3)CC2)c2cc(F)ccc21. The van der Waals surface area contributed by atoms with E-state index < -0.39 is 4.92 Å². The normalized spacial score (nSPS) is 17.7. The lowest BCUT2D eigenvalue weighted by atomic mass is 9.74. The number of non-ortho nitro benzene ring substituents is 1. The zero-order valence-corrected chi connectivity index (χ0v) is 16.9. The average Bonchev–Trinajstić information content (AvgIpc) is 3.04. The first kappa shape index (κ1) is 20.3. The number of carbonyl (C=O) groups is 1. The molecule has 2 aliphatic heterocycles. The monoisotopic (exact) mass is 412 g/mol. The third-order valence-electron chi connectivity index (χ3n) is 6.22. The number of amides is 2. The highest BCUT2D eigenvalue weighted by Gasteiger charge is 2.46. The van der Waals surface area contributed by atoms with E-state index >= 15 is 0 Å². The van der Waals surface area contributed by atoms with Crippen LogP contribution in [0.3, 0.4) is 0 Å². The van der Waals surface area contributed by atoms with Gasteiger partial charge in [-0.25, -0.2) is 9.18 Å². The lowest BCUT2D eigenvalue weighted by Gasteiger charge is -2.40. The molecule has 158 valence electrons. The van der Waals surface area contributed by atoms with Crippen LogP contribution in [0.25, 0.3) is 0 Å². The Kier molecular flexibility index (Phi) is 5.42. The molecule has 0 bridgehead atoms. The summed E-state index contributed by atoms with van der Waals surface area (Å²) >= 11 is 0. The smallest absolute Gasteiger partial charge is 0.321 e. The van der Waals surface area contributed by atoms with Crippen LogP contribution in [0.1, 0.15) is 30.9 Å². The van der Waals surface area contributed by atoms with Crippen molar-refractivity contribution in [3.63, 3.8) is 0 Å². The van der Waals surface area contributed by atoms with Gasteiger partial charge >= 0.3 is 6.03 Å². The predicted molar refractivity (Wildman–Crippen MR) is 112 cm³/mol. The molecule has 0 aromatic heterocycles. The Balaban J connectivity index is 1.48. The fourth-order valence-corrected chi connectivity index (χ4v) is 4.62. The molecule has 1 saturated heterocycles. The number of halogens is 1. The van der Waals surface area contributed by atoms with Gasteiger partial charge in [-0.2, -0.15) is 0 Å². The van der Waals surface area contributed by atoms with Crippen molar-refractivity contribution in [3.8, 4) is 0 Å². The summed E-state index contributed by atoms with van der Waals surface area (Å²) in [6.07, 6.45) is 1.65. The van der Waals surface area contributed by atoms with Crippen LogP contribution in [0, 0.1) is 15.9 Å². The van der Waals surface area contributed by atoms with Crippen molar-refractivity contribution in [1.82, 2.24) is 10.2 Å². The zero-order valence-electron chi connectivity index (χ0n) is 16.9. The van der Waals surface area contributed by atoms with Crippen molar-refractivity contribution < 1.29 is 14.1 Å². The number of hydrogen-bond acceptors (Lipinski definition) is 4. The van der Waals surface area contributed by atoms with Crippen LogP contribution < -0.4 is 10.2 Å². The van der Waals surface area contributed by atoms with Crippen molar-refractivity contribution in [2.24, 2.45) is 0 Å². The molecule has 1 fully saturated rings. The first-order valence-corrected chi connectivity index (χ1v) is 10.2. The van der Waals surface area contributed by atoms with E-state index in [0.717, 1.165) is 42.7 Å². The molecule has 0 saturated carbocycles. The Morgan fingerprint density at radius 1 is 1.20 bits per heavy atom. The highest BCUT2D eigenvalue weighted by Crippen LogP contribution is 2.47. The van der Waals surface area contributed by atoms with Gasteiger partial charge in [-0.05, 0) is 62.2 Å². The number of piperidine rings is 1. The van der Waals surface area contributed by atoms with Crippen LogP contribution in [0.15, 0.2) is 42.5 Å². The summed E-state index contributed by atoms with van der Waals surface area (Å²) in [6, 6.07) is 11.2. The molecule has 2 heterocycles. The van der Waals surface area contributed by atoms with Crippen molar-refractivity contribution in [2.45, 2.75) is 31.7 Å². The van der Waals surface area contributed by atoms with E-state index in [4.69, 9.17) is 0 Å². The highest BCUT2D eigenvalue weighted by molar-refractivity contribution is 5.95. The summed E-state index contributed by atoms with van der Waals surface area (Å²) in [5.41, 5.74) is 2.59. The maximum Gasteiger partial charge on any atom is 0.321 e.